The maximum atomic E-state index is 12.7. The predicted octanol–water partition coefficient (Wildman–Crippen LogP) is 2.22. The Balaban J connectivity index is 1.09. The molecule has 5 rings (SSSR count). The molecule has 0 atom stereocenters. The number of likely N-dealkylation sites (N-methyl/N-ethyl adjacent to an activating group) is 1. The zero-order valence-electron chi connectivity index (χ0n) is 20.2. The summed E-state index contributed by atoms with van der Waals surface area (Å²) in [5, 5.41) is 0. The molecule has 0 radical (unpaired) electrons. The van der Waals surface area contributed by atoms with Crippen LogP contribution in [0.2, 0.25) is 0 Å². The summed E-state index contributed by atoms with van der Waals surface area (Å²) in [5.41, 5.74) is 9.17. The highest BCUT2D eigenvalue weighted by Gasteiger charge is 2.26. The summed E-state index contributed by atoms with van der Waals surface area (Å²) in [7, 11) is 1.84. The lowest BCUT2D eigenvalue weighted by atomic mass is 10.0. The van der Waals surface area contributed by atoms with E-state index in [1.165, 1.54) is 0 Å². The molecule has 0 saturated carbocycles. The minimum Gasteiger partial charge on any atom is -0.370 e. The first-order valence-corrected chi connectivity index (χ1v) is 12.0. The van der Waals surface area contributed by atoms with Crippen LogP contribution < -0.4 is 10.6 Å². The van der Waals surface area contributed by atoms with E-state index >= 15 is 0 Å². The average molecular weight is 488 g/mol. The molecule has 0 aliphatic carbocycles. The molecule has 3 heterocycles. The lowest BCUT2D eigenvalue weighted by Gasteiger charge is -2.37. The topological polar surface area (TPSA) is 119 Å². The van der Waals surface area contributed by atoms with E-state index < -0.39 is 5.91 Å². The highest BCUT2D eigenvalue weighted by molar-refractivity contribution is 5.96. The van der Waals surface area contributed by atoms with Crippen molar-refractivity contribution in [2.24, 2.45) is 5.73 Å². The van der Waals surface area contributed by atoms with Gasteiger partial charge in [0.05, 0.1) is 41.2 Å². The van der Waals surface area contributed by atoms with E-state index in [-0.39, 0.29) is 18.6 Å². The van der Waals surface area contributed by atoms with Crippen LogP contribution in [0.25, 0.3) is 22.1 Å². The van der Waals surface area contributed by atoms with Gasteiger partial charge >= 0.3 is 0 Å². The SMILES string of the molecule is CN(C(=O)COCCn1cnc2ccc(C(N)=O)cc21)C1CCN(c2cnc3ccccc3n2)CC1. The van der Waals surface area contributed by atoms with E-state index in [0.29, 0.717) is 18.7 Å². The molecule has 1 aliphatic rings. The van der Waals surface area contributed by atoms with E-state index in [2.05, 4.69) is 14.9 Å². The van der Waals surface area contributed by atoms with Crippen LogP contribution in [0.5, 0.6) is 0 Å². The van der Waals surface area contributed by atoms with Gasteiger partial charge in [0.1, 0.15) is 12.4 Å². The Bertz CT molecular complexity index is 1390. The van der Waals surface area contributed by atoms with Gasteiger partial charge in [-0.25, -0.2) is 9.97 Å². The maximum Gasteiger partial charge on any atom is 0.248 e. The van der Waals surface area contributed by atoms with Crippen molar-refractivity contribution in [2.75, 3.05) is 38.3 Å². The number of nitrogens with zero attached hydrogens (tertiary/aromatic N) is 6. The Kier molecular flexibility index (Phi) is 6.77. The van der Waals surface area contributed by atoms with Crippen molar-refractivity contribution in [2.45, 2.75) is 25.4 Å². The molecule has 36 heavy (non-hydrogen) atoms. The van der Waals surface area contributed by atoms with Crippen molar-refractivity contribution in [3.05, 3.63) is 60.6 Å². The van der Waals surface area contributed by atoms with E-state index in [9.17, 15) is 9.59 Å². The van der Waals surface area contributed by atoms with Gasteiger partial charge in [0, 0.05) is 38.3 Å². The first-order chi connectivity index (χ1) is 17.5. The number of piperidine rings is 1. The lowest BCUT2D eigenvalue weighted by Crippen LogP contribution is -2.47. The number of nitrogens with two attached hydrogens (primary N) is 1. The van der Waals surface area contributed by atoms with Crippen molar-refractivity contribution < 1.29 is 14.3 Å². The molecular formula is C26H29N7O3. The highest BCUT2D eigenvalue weighted by atomic mass is 16.5. The number of hydrogen-bond acceptors (Lipinski definition) is 7. The second kappa shape index (κ2) is 10.3. The summed E-state index contributed by atoms with van der Waals surface area (Å²) in [6.45, 7) is 2.52. The quantitative estimate of drug-likeness (QED) is 0.379. The van der Waals surface area contributed by atoms with Gasteiger partial charge in [-0.2, -0.15) is 0 Å². The van der Waals surface area contributed by atoms with Crippen molar-refractivity contribution in [1.29, 1.82) is 0 Å². The van der Waals surface area contributed by atoms with Gasteiger partial charge in [-0.05, 0) is 43.2 Å². The van der Waals surface area contributed by atoms with E-state index in [4.69, 9.17) is 15.5 Å². The number of hydrogen-bond donors (Lipinski definition) is 1. The van der Waals surface area contributed by atoms with Crippen molar-refractivity contribution >= 4 is 39.7 Å². The van der Waals surface area contributed by atoms with Gasteiger partial charge in [0.25, 0.3) is 0 Å². The molecule has 186 valence electrons. The minimum absolute atomic E-state index is 0.0199. The number of carbonyl (C=O) groups is 2. The normalized spacial score (nSPS) is 14.4. The maximum absolute atomic E-state index is 12.7. The molecule has 1 fully saturated rings. The third-order valence-corrected chi connectivity index (χ3v) is 6.77. The molecule has 10 heteroatoms. The Morgan fingerprint density at radius 2 is 1.86 bits per heavy atom. The Morgan fingerprint density at radius 1 is 1.08 bits per heavy atom. The van der Waals surface area contributed by atoms with E-state index in [1.54, 1.807) is 29.4 Å². The first-order valence-electron chi connectivity index (χ1n) is 12.0. The number of aromatic nitrogens is 4. The lowest BCUT2D eigenvalue weighted by molar-refractivity contribution is -0.137. The van der Waals surface area contributed by atoms with Crippen LogP contribution in [0, 0.1) is 0 Å². The molecule has 4 aromatic rings. The van der Waals surface area contributed by atoms with Crippen LogP contribution in [0.4, 0.5) is 5.82 Å². The second-order valence-corrected chi connectivity index (χ2v) is 9.00. The predicted molar refractivity (Wildman–Crippen MR) is 137 cm³/mol. The number of carbonyl (C=O) groups excluding carboxylic acids is 2. The molecule has 1 saturated heterocycles. The van der Waals surface area contributed by atoms with Gasteiger partial charge in [-0.15, -0.1) is 0 Å². The Labute approximate surface area is 208 Å². The summed E-state index contributed by atoms with van der Waals surface area (Å²) >= 11 is 0. The molecule has 2 N–H and O–H groups in total. The Morgan fingerprint density at radius 3 is 2.64 bits per heavy atom. The summed E-state index contributed by atoms with van der Waals surface area (Å²) in [5.74, 6) is 0.357. The third-order valence-electron chi connectivity index (χ3n) is 6.77. The molecule has 0 unspecified atom stereocenters. The standard InChI is InChI=1S/C26H29N7O3/c1-31(19-8-10-32(11-9-19)24-15-28-20-4-2-3-5-21(20)30-24)25(34)16-36-13-12-33-17-29-22-7-6-18(26(27)35)14-23(22)33/h2-7,14-15,17,19H,8-13,16H2,1H3,(H2,27,35). The number of primary amides is 1. The first kappa shape index (κ1) is 23.7. The largest absolute Gasteiger partial charge is 0.370 e. The minimum atomic E-state index is -0.481. The fraction of sp³-hybridized carbons (Fsp3) is 0.346. The van der Waals surface area contributed by atoms with Gasteiger partial charge in [-0.3, -0.25) is 14.6 Å². The number of anilines is 1. The van der Waals surface area contributed by atoms with E-state index in [0.717, 1.165) is 53.8 Å². The number of amides is 2. The molecule has 0 bridgehead atoms. The second-order valence-electron chi connectivity index (χ2n) is 9.00. The van der Waals surface area contributed by atoms with Gasteiger partial charge in [0.2, 0.25) is 11.8 Å². The van der Waals surface area contributed by atoms with Gasteiger partial charge < -0.3 is 24.8 Å². The molecule has 0 spiro atoms. The molecule has 2 aromatic carbocycles. The third kappa shape index (κ3) is 4.99. The molecule has 2 aromatic heterocycles. The summed E-state index contributed by atoms with van der Waals surface area (Å²) in [6, 6.07) is 13.2. The molecule has 1 aliphatic heterocycles. The van der Waals surface area contributed by atoms with Crippen LogP contribution in [-0.4, -0.2) is 75.6 Å². The Hall–Kier alpha value is -4.05. The summed E-state index contributed by atoms with van der Waals surface area (Å²) in [6.07, 6.45) is 5.24. The number of rotatable bonds is 8. The van der Waals surface area contributed by atoms with Crippen molar-refractivity contribution in [1.82, 2.24) is 24.4 Å². The highest BCUT2D eigenvalue weighted by Crippen LogP contribution is 2.22. The number of imidazole rings is 1. The van der Waals surface area contributed by atoms with Crippen LogP contribution in [0.3, 0.4) is 0 Å². The number of benzene rings is 2. The van der Waals surface area contributed by atoms with Crippen LogP contribution in [0.1, 0.15) is 23.2 Å². The van der Waals surface area contributed by atoms with Gasteiger partial charge in [-0.1, -0.05) is 12.1 Å². The van der Waals surface area contributed by atoms with E-state index in [1.807, 2.05) is 42.1 Å². The van der Waals surface area contributed by atoms with Crippen LogP contribution >= 0.6 is 0 Å². The molecular weight excluding hydrogens is 458 g/mol. The zero-order chi connectivity index (χ0) is 25.1. The number of ether oxygens (including phenoxy) is 1. The molecule has 10 nitrogen and oxygen atoms in total. The fourth-order valence-electron chi connectivity index (χ4n) is 4.60. The summed E-state index contributed by atoms with van der Waals surface area (Å²) < 4.78 is 7.57. The van der Waals surface area contributed by atoms with Crippen molar-refractivity contribution in [3.63, 3.8) is 0 Å². The zero-order valence-corrected chi connectivity index (χ0v) is 20.2. The molecule has 2 amide bonds. The van der Waals surface area contributed by atoms with Crippen molar-refractivity contribution in [3.8, 4) is 0 Å². The number of fused-ring (bicyclic) bond motifs is 2. The van der Waals surface area contributed by atoms with Crippen LogP contribution in [-0.2, 0) is 16.1 Å². The van der Waals surface area contributed by atoms with Crippen LogP contribution in [0.15, 0.2) is 55.0 Å². The average Bonchev–Trinajstić information content (AvgIpc) is 3.32. The van der Waals surface area contributed by atoms with Gasteiger partial charge in [0.15, 0.2) is 0 Å². The summed E-state index contributed by atoms with van der Waals surface area (Å²) in [4.78, 5) is 41.8. The number of para-hydroxylation sites is 2. The smallest absolute Gasteiger partial charge is 0.248 e. The fourth-order valence-corrected chi connectivity index (χ4v) is 4.60. The monoisotopic (exact) mass is 487 g/mol.